The van der Waals surface area contributed by atoms with Gasteiger partial charge in [-0.3, -0.25) is 9.78 Å². The number of H-pyrrole nitrogens is 1. The summed E-state index contributed by atoms with van der Waals surface area (Å²) in [6, 6.07) is 0. The Kier molecular flexibility index (Phi) is 1.87. The number of hydrogen-bond acceptors (Lipinski definition) is 2. The summed E-state index contributed by atoms with van der Waals surface area (Å²) in [6.07, 6.45) is 5.56. The van der Waals surface area contributed by atoms with Crippen LogP contribution < -0.4 is 0 Å². The molecule has 2 heterocycles. The van der Waals surface area contributed by atoms with Gasteiger partial charge in [-0.25, -0.2) is 0 Å². The van der Waals surface area contributed by atoms with E-state index in [1.165, 1.54) is 0 Å². The van der Waals surface area contributed by atoms with Crippen LogP contribution in [-0.4, -0.2) is 20.0 Å². The summed E-state index contributed by atoms with van der Waals surface area (Å²) >= 11 is 2.24. The molecule has 0 saturated carbocycles. The second kappa shape index (κ2) is 2.89. The minimum Gasteiger partial charge on any atom is -0.277 e. The first-order valence-corrected chi connectivity index (χ1v) is 4.53. The Hall–Kier alpha value is -0.850. The van der Waals surface area contributed by atoms with E-state index in [2.05, 4.69) is 37.9 Å². The van der Waals surface area contributed by atoms with Gasteiger partial charge in [-0.15, -0.1) is 0 Å². The van der Waals surface area contributed by atoms with Gasteiger partial charge in [-0.1, -0.05) is 0 Å². The van der Waals surface area contributed by atoms with E-state index < -0.39 is 0 Å². The predicted octanol–water partition coefficient (Wildman–Crippen LogP) is 1.41. The molecule has 4 nitrogen and oxygen atoms in total. The highest BCUT2D eigenvalue weighted by Gasteiger charge is 2.05. The summed E-state index contributed by atoms with van der Waals surface area (Å²) in [7, 11) is 1.90. The van der Waals surface area contributed by atoms with Gasteiger partial charge in [0.2, 0.25) is 0 Å². The van der Waals surface area contributed by atoms with Crippen LogP contribution in [0.4, 0.5) is 0 Å². The second-order valence-electron chi connectivity index (χ2n) is 2.50. The molecule has 5 heteroatoms. The lowest BCUT2D eigenvalue weighted by atomic mass is 10.3. The molecule has 0 aliphatic heterocycles. The molecule has 2 aromatic rings. The quantitative estimate of drug-likeness (QED) is 0.799. The summed E-state index contributed by atoms with van der Waals surface area (Å²) in [6.45, 7) is 0. The lowest BCUT2D eigenvalue weighted by molar-refractivity contribution is 0.768. The van der Waals surface area contributed by atoms with Gasteiger partial charge >= 0.3 is 0 Å². The van der Waals surface area contributed by atoms with Crippen LogP contribution in [-0.2, 0) is 7.05 Å². The molecule has 0 fully saturated rings. The molecule has 0 spiro atoms. The number of nitrogens with one attached hydrogen (secondary N) is 1. The minimum atomic E-state index is 1.03. The first-order chi connectivity index (χ1) is 5.77. The number of nitrogens with zero attached hydrogens (tertiary/aromatic N) is 3. The molecule has 0 aliphatic rings. The standard InChI is InChI=1S/C7H7IN4/c1-12-4-5(2-10-12)7-6(8)3-9-11-7/h2-4H,1H3,(H,9,11). The van der Waals surface area contributed by atoms with Crippen LogP contribution in [0.5, 0.6) is 0 Å². The maximum atomic E-state index is 4.08. The van der Waals surface area contributed by atoms with Crippen molar-refractivity contribution in [2.45, 2.75) is 0 Å². The van der Waals surface area contributed by atoms with Gasteiger partial charge in [-0.05, 0) is 22.6 Å². The Bertz CT molecular complexity index is 390. The van der Waals surface area contributed by atoms with Crippen molar-refractivity contribution in [3.8, 4) is 11.3 Å². The van der Waals surface area contributed by atoms with Gasteiger partial charge in [0.25, 0.3) is 0 Å². The van der Waals surface area contributed by atoms with Gasteiger partial charge in [0, 0.05) is 18.8 Å². The Morgan fingerprint density at radius 1 is 1.50 bits per heavy atom. The van der Waals surface area contributed by atoms with Crippen molar-refractivity contribution in [2.24, 2.45) is 7.05 Å². The molecule has 0 saturated heterocycles. The molecular formula is C7H7IN4. The molecule has 0 aromatic carbocycles. The third kappa shape index (κ3) is 1.24. The van der Waals surface area contributed by atoms with E-state index in [-0.39, 0.29) is 0 Å². The van der Waals surface area contributed by atoms with E-state index in [9.17, 15) is 0 Å². The fraction of sp³-hybridized carbons (Fsp3) is 0.143. The van der Waals surface area contributed by atoms with Crippen molar-refractivity contribution < 1.29 is 0 Å². The van der Waals surface area contributed by atoms with Gasteiger partial charge in [0.15, 0.2) is 0 Å². The van der Waals surface area contributed by atoms with Crippen molar-refractivity contribution in [2.75, 3.05) is 0 Å². The Morgan fingerprint density at radius 2 is 2.33 bits per heavy atom. The number of rotatable bonds is 1. The third-order valence-electron chi connectivity index (χ3n) is 1.59. The first kappa shape index (κ1) is 7.78. The van der Waals surface area contributed by atoms with Crippen molar-refractivity contribution in [1.29, 1.82) is 0 Å². The number of hydrogen-bond donors (Lipinski definition) is 1. The highest BCUT2D eigenvalue weighted by molar-refractivity contribution is 14.1. The maximum absolute atomic E-state index is 4.08. The van der Waals surface area contributed by atoms with E-state index in [1.54, 1.807) is 10.9 Å². The SMILES string of the molecule is Cn1cc(-c2[nH]ncc2I)cn1. The highest BCUT2D eigenvalue weighted by atomic mass is 127. The zero-order chi connectivity index (χ0) is 8.55. The van der Waals surface area contributed by atoms with Crippen LogP contribution in [0, 0.1) is 3.57 Å². The molecule has 0 amide bonds. The molecule has 2 aromatic heterocycles. The maximum Gasteiger partial charge on any atom is 0.0815 e. The number of aromatic amines is 1. The van der Waals surface area contributed by atoms with Crippen molar-refractivity contribution in [3.63, 3.8) is 0 Å². The molecular weight excluding hydrogens is 267 g/mol. The lowest BCUT2D eigenvalue weighted by Crippen LogP contribution is -1.84. The molecule has 1 N–H and O–H groups in total. The van der Waals surface area contributed by atoms with E-state index in [1.807, 2.05) is 19.4 Å². The summed E-state index contributed by atoms with van der Waals surface area (Å²) in [4.78, 5) is 0. The largest absolute Gasteiger partial charge is 0.277 e. The normalized spacial score (nSPS) is 10.5. The minimum absolute atomic E-state index is 1.03. The fourth-order valence-corrected chi connectivity index (χ4v) is 1.60. The molecule has 0 atom stereocenters. The molecule has 0 bridgehead atoms. The number of aromatic nitrogens is 4. The Balaban J connectivity index is 2.50. The molecule has 0 unspecified atom stereocenters. The topological polar surface area (TPSA) is 46.5 Å². The molecule has 2 rings (SSSR count). The van der Waals surface area contributed by atoms with Crippen LogP contribution >= 0.6 is 22.6 Å². The van der Waals surface area contributed by atoms with E-state index in [0.29, 0.717) is 0 Å². The lowest BCUT2D eigenvalue weighted by Gasteiger charge is -1.89. The molecule has 0 radical (unpaired) electrons. The summed E-state index contributed by atoms with van der Waals surface area (Å²) < 4.78 is 2.88. The average molecular weight is 274 g/mol. The first-order valence-electron chi connectivity index (χ1n) is 3.45. The van der Waals surface area contributed by atoms with Crippen LogP contribution in [0.2, 0.25) is 0 Å². The smallest absolute Gasteiger partial charge is 0.0815 e. The second-order valence-corrected chi connectivity index (χ2v) is 3.66. The monoisotopic (exact) mass is 274 g/mol. The van der Waals surface area contributed by atoms with Crippen molar-refractivity contribution >= 4 is 22.6 Å². The molecule has 62 valence electrons. The van der Waals surface area contributed by atoms with Crippen LogP contribution in [0.3, 0.4) is 0 Å². The van der Waals surface area contributed by atoms with Crippen LogP contribution in [0.25, 0.3) is 11.3 Å². The molecule has 0 aliphatic carbocycles. The van der Waals surface area contributed by atoms with Crippen molar-refractivity contribution in [1.82, 2.24) is 20.0 Å². The van der Waals surface area contributed by atoms with E-state index >= 15 is 0 Å². The summed E-state index contributed by atoms with van der Waals surface area (Å²) in [5.41, 5.74) is 2.10. The zero-order valence-corrected chi connectivity index (χ0v) is 8.61. The number of halogens is 1. The van der Waals surface area contributed by atoms with Gasteiger partial charge in [-0.2, -0.15) is 10.2 Å². The average Bonchev–Trinajstić information content (AvgIpc) is 2.58. The zero-order valence-electron chi connectivity index (χ0n) is 6.45. The summed E-state index contributed by atoms with van der Waals surface area (Å²) in [5.74, 6) is 0. The van der Waals surface area contributed by atoms with Gasteiger partial charge in [0.1, 0.15) is 0 Å². The summed E-state index contributed by atoms with van der Waals surface area (Å²) in [5, 5.41) is 10.9. The Morgan fingerprint density at radius 3 is 2.83 bits per heavy atom. The fourth-order valence-electron chi connectivity index (χ4n) is 1.02. The van der Waals surface area contributed by atoms with E-state index in [0.717, 1.165) is 14.8 Å². The molecule has 12 heavy (non-hydrogen) atoms. The third-order valence-corrected chi connectivity index (χ3v) is 2.40. The van der Waals surface area contributed by atoms with Gasteiger partial charge < -0.3 is 0 Å². The van der Waals surface area contributed by atoms with Gasteiger partial charge in [0.05, 0.1) is 21.7 Å². The van der Waals surface area contributed by atoms with E-state index in [4.69, 9.17) is 0 Å². The van der Waals surface area contributed by atoms with Crippen LogP contribution in [0.15, 0.2) is 18.6 Å². The van der Waals surface area contributed by atoms with Crippen molar-refractivity contribution in [3.05, 3.63) is 22.2 Å². The highest BCUT2D eigenvalue weighted by Crippen LogP contribution is 2.20. The Labute approximate surface area is 83.1 Å². The predicted molar refractivity (Wildman–Crippen MR) is 53.5 cm³/mol. The van der Waals surface area contributed by atoms with Crippen LogP contribution in [0.1, 0.15) is 0 Å². The number of aryl methyl sites for hydroxylation is 1.